The molecule has 0 spiro atoms. The van der Waals surface area contributed by atoms with E-state index in [-0.39, 0.29) is 5.41 Å². The van der Waals surface area contributed by atoms with E-state index >= 15 is 0 Å². The van der Waals surface area contributed by atoms with Crippen molar-refractivity contribution in [1.82, 2.24) is 4.98 Å². The van der Waals surface area contributed by atoms with Crippen LogP contribution in [0.3, 0.4) is 0 Å². The largest absolute Gasteiger partial charge is 0.481 e. The Bertz CT molecular complexity index is 326. The summed E-state index contributed by atoms with van der Waals surface area (Å²) in [5.74, 6) is 0.642. The highest BCUT2D eigenvalue weighted by Crippen LogP contribution is 2.31. The predicted molar refractivity (Wildman–Crippen MR) is 60.6 cm³/mol. The molecule has 1 aromatic rings. The summed E-state index contributed by atoms with van der Waals surface area (Å²) >= 11 is 3.39. The van der Waals surface area contributed by atoms with Crippen LogP contribution in [-0.2, 0) is 5.41 Å². The van der Waals surface area contributed by atoms with Gasteiger partial charge in [0.2, 0.25) is 5.88 Å². The van der Waals surface area contributed by atoms with E-state index in [2.05, 4.69) is 34.8 Å². The van der Waals surface area contributed by atoms with Crippen molar-refractivity contribution in [2.24, 2.45) is 5.73 Å². The topological polar surface area (TPSA) is 48.1 Å². The molecule has 0 radical (unpaired) electrons. The number of aromatic nitrogens is 1. The van der Waals surface area contributed by atoms with E-state index in [1.54, 1.807) is 13.3 Å². The van der Waals surface area contributed by atoms with Gasteiger partial charge in [-0.05, 0) is 22.0 Å². The quantitative estimate of drug-likeness (QED) is 0.904. The summed E-state index contributed by atoms with van der Waals surface area (Å²) in [6.45, 7) is 4.69. The average Bonchev–Trinajstić information content (AvgIpc) is 2.18. The van der Waals surface area contributed by atoms with E-state index in [0.29, 0.717) is 12.4 Å². The molecule has 1 heterocycles. The molecule has 0 unspecified atom stereocenters. The lowest BCUT2D eigenvalue weighted by molar-refractivity contribution is 0.377. The normalized spacial score (nSPS) is 11.5. The second-order valence-corrected chi connectivity index (χ2v) is 4.71. The fourth-order valence-electron chi connectivity index (χ4n) is 1.18. The van der Waals surface area contributed by atoms with E-state index in [9.17, 15) is 0 Å². The Morgan fingerprint density at radius 1 is 1.57 bits per heavy atom. The maximum atomic E-state index is 5.71. The van der Waals surface area contributed by atoms with E-state index in [1.807, 2.05) is 6.07 Å². The van der Waals surface area contributed by atoms with Crippen LogP contribution in [0, 0.1) is 0 Å². The lowest BCUT2D eigenvalue weighted by Gasteiger charge is -2.24. The summed E-state index contributed by atoms with van der Waals surface area (Å²) in [7, 11) is 1.62. The van der Waals surface area contributed by atoms with Crippen molar-refractivity contribution >= 4 is 15.9 Å². The van der Waals surface area contributed by atoms with Crippen molar-refractivity contribution < 1.29 is 4.74 Å². The number of halogens is 1. The Labute approximate surface area is 92.8 Å². The fraction of sp³-hybridized carbons (Fsp3) is 0.500. The summed E-state index contributed by atoms with van der Waals surface area (Å²) < 4.78 is 6.14. The predicted octanol–water partition coefficient (Wildman–Crippen LogP) is 2.09. The van der Waals surface area contributed by atoms with Gasteiger partial charge < -0.3 is 10.5 Å². The van der Waals surface area contributed by atoms with E-state index in [1.165, 1.54) is 0 Å². The highest BCUT2D eigenvalue weighted by Gasteiger charge is 2.23. The van der Waals surface area contributed by atoms with E-state index < -0.39 is 0 Å². The first-order chi connectivity index (χ1) is 6.51. The molecule has 78 valence electrons. The summed E-state index contributed by atoms with van der Waals surface area (Å²) in [4.78, 5) is 4.19. The van der Waals surface area contributed by atoms with Crippen molar-refractivity contribution in [3.05, 3.63) is 22.3 Å². The third-order valence-electron chi connectivity index (χ3n) is 2.25. The van der Waals surface area contributed by atoms with Gasteiger partial charge in [-0.1, -0.05) is 13.8 Å². The maximum Gasteiger partial charge on any atom is 0.216 e. The number of hydrogen-bond acceptors (Lipinski definition) is 3. The van der Waals surface area contributed by atoms with Crippen LogP contribution < -0.4 is 10.5 Å². The van der Waals surface area contributed by atoms with Crippen LogP contribution in [0.5, 0.6) is 5.88 Å². The number of methoxy groups -OCH3 is 1. The van der Waals surface area contributed by atoms with Crippen molar-refractivity contribution in [1.29, 1.82) is 0 Å². The van der Waals surface area contributed by atoms with Gasteiger partial charge >= 0.3 is 0 Å². The molecule has 14 heavy (non-hydrogen) atoms. The Balaban J connectivity index is 3.23. The molecule has 4 heteroatoms. The average molecular weight is 259 g/mol. The summed E-state index contributed by atoms with van der Waals surface area (Å²) in [6, 6.07) is 2.00. The van der Waals surface area contributed by atoms with Gasteiger partial charge in [-0.25, -0.2) is 4.98 Å². The third kappa shape index (κ3) is 2.25. The number of rotatable bonds is 3. The van der Waals surface area contributed by atoms with Gasteiger partial charge in [0.05, 0.1) is 7.11 Å². The third-order valence-corrected chi connectivity index (χ3v) is 2.68. The van der Waals surface area contributed by atoms with Crippen LogP contribution in [0.2, 0.25) is 0 Å². The zero-order valence-corrected chi connectivity index (χ0v) is 10.3. The minimum absolute atomic E-state index is 0.123. The first kappa shape index (κ1) is 11.5. The Morgan fingerprint density at radius 2 is 2.21 bits per heavy atom. The minimum atomic E-state index is -0.123. The molecule has 3 nitrogen and oxygen atoms in total. The van der Waals surface area contributed by atoms with Crippen LogP contribution in [-0.4, -0.2) is 18.6 Å². The number of ether oxygens (including phenoxy) is 1. The Morgan fingerprint density at radius 3 is 2.71 bits per heavy atom. The number of pyridine rings is 1. The molecule has 1 aromatic heterocycles. The summed E-state index contributed by atoms with van der Waals surface area (Å²) in [5.41, 5.74) is 6.62. The lowest BCUT2D eigenvalue weighted by Crippen LogP contribution is -2.28. The molecule has 0 aliphatic rings. The van der Waals surface area contributed by atoms with Gasteiger partial charge in [-0.15, -0.1) is 0 Å². The van der Waals surface area contributed by atoms with Crippen molar-refractivity contribution in [3.8, 4) is 5.88 Å². The molecular formula is C10H15BrN2O. The van der Waals surface area contributed by atoms with E-state index in [0.717, 1.165) is 10.0 Å². The first-order valence-electron chi connectivity index (χ1n) is 4.41. The molecule has 2 N–H and O–H groups in total. The highest BCUT2D eigenvalue weighted by molar-refractivity contribution is 9.10. The second-order valence-electron chi connectivity index (χ2n) is 3.80. The van der Waals surface area contributed by atoms with Gasteiger partial charge in [0.1, 0.15) is 0 Å². The molecule has 0 saturated heterocycles. The van der Waals surface area contributed by atoms with Gasteiger partial charge in [-0.2, -0.15) is 0 Å². The Kier molecular flexibility index (Phi) is 3.50. The maximum absolute atomic E-state index is 5.71. The van der Waals surface area contributed by atoms with Crippen LogP contribution >= 0.6 is 15.9 Å². The number of nitrogens with zero attached hydrogens (tertiary/aromatic N) is 1. The molecule has 0 fully saturated rings. The zero-order valence-electron chi connectivity index (χ0n) is 8.67. The molecule has 0 aromatic carbocycles. The standard InChI is InChI=1S/C10H15BrN2O/c1-10(2,6-12)8-4-7(11)5-13-9(8)14-3/h4-5H,6,12H2,1-3H3. The van der Waals surface area contributed by atoms with E-state index in [4.69, 9.17) is 10.5 Å². The molecule has 0 aliphatic heterocycles. The fourth-order valence-corrected chi connectivity index (χ4v) is 1.52. The van der Waals surface area contributed by atoms with Gasteiger partial charge in [0, 0.05) is 28.2 Å². The summed E-state index contributed by atoms with van der Waals surface area (Å²) in [5, 5.41) is 0. The molecule has 0 atom stereocenters. The van der Waals surface area contributed by atoms with Crippen molar-refractivity contribution in [2.45, 2.75) is 19.3 Å². The highest BCUT2D eigenvalue weighted by atomic mass is 79.9. The van der Waals surface area contributed by atoms with Gasteiger partial charge in [-0.3, -0.25) is 0 Å². The summed E-state index contributed by atoms with van der Waals surface area (Å²) in [6.07, 6.45) is 1.72. The van der Waals surface area contributed by atoms with Gasteiger partial charge in [0.25, 0.3) is 0 Å². The molecule has 0 saturated carbocycles. The lowest BCUT2D eigenvalue weighted by atomic mass is 9.85. The number of nitrogens with two attached hydrogens (primary N) is 1. The SMILES string of the molecule is COc1ncc(Br)cc1C(C)(C)CN. The van der Waals surface area contributed by atoms with Crippen molar-refractivity contribution in [2.75, 3.05) is 13.7 Å². The molecule has 0 aliphatic carbocycles. The molecule has 0 amide bonds. The smallest absolute Gasteiger partial charge is 0.216 e. The van der Waals surface area contributed by atoms with Crippen LogP contribution in [0.4, 0.5) is 0 Å². The molecule has 1 rings (SSSR count). The first-order valence-corrected chi connectivity index (χ1v) is 5.20. The monoisotopic (exact) mass is 258 g/mol. The van der Waals surface area contributed by atoms with Crippen molar-refractivity contribution in [3.63, 3.8) is 0 Å². The van der Waals surface area contributed by atoms with Crippen LogP contribution in [0.15, 0.2) is 16.7 Å². The zero-order chi connectivity index (χ0) is 10.8. The molecule has 0 bridgehead atoms. The number of hydrogen-bond donors (Lipinski definition) is 1. The van der Waals surface area contributed by atoms with Gasteiger partial charge in [0.15, 0.2) is 0 Å². The van der Waals surface area contributed by atoms with Crippen LogP contribution in [0.25, 0.3) is 0 Å². The van der Waals surface area contributed by atoms with Crippen LogP contribution in [0.1, 0.15) is 19.4 Å². The Hall–Kier alpha value is -0.610. The molecular weight excluding hydrogens is 244 g/mol. The second kappa shape index (κ2) is 4.28. The minimum Gasteiger partial charge on any atom is -0.481 e.